The van der Waals surface area contributed by atoms with Crippen LogP contribution < -0.4 is 5.32 Å². The van der Waals surface area contributed by atoms with E-state index in [4.69, 9.17) is 23.2 Å². The third-order valence-corrected chi connectivity index (χ3v) is 3.48. The molecular weight excluding hydrogens is 328 g/mol. The summed E-state index contributed by atoms with van der Waals surface area (Å²) in [6.07, 6.45) is 1.44. The van der Waals surface area contributed by atoms with Gasteiger partial charge in [0.1, 0.15) is 11.6 Å². The molecule has 0 aliphatic carbocycles. The Balaban J connectivity index is 1.92. The van der Waals surface area contributed by atoms with Gasteiger partial charge >= 0.3 is 0 Å². The SMILES string of the molecule is CN(CC(=O)Nc1ccc(Cl)cn1)Cc1c(F)cccc1Cl. The summed E-state index contributed by atoms with van der Waals surface area (Å²) in [5, 5.41) is 3.47. The number of hydrogen-bond acceptors (Lipinski definition) is 3. The summed E-state index contributed by atoms with van der Waals surface area (Å²) in [5.41, 5.74) is 0.365. The van der Waals surface area contributed by atoms with Crippen molar-refractivity contribution in [3.63, 3.8) is 0 Å². The van der Waals surface area contributed by atoms with Gasteiger partial charge in [0.05, 0.1) is 11.6 Å². The summed E-state index contributed by atoms with van der Waals surface area (Å²) in [4.78, 5) is 17.6. The van der Waals surface area contributed by atoms with Gasteiger partial charge in [0.25, 0.3) is 0 Å². The van der Waals surface area contributed by atoms with Crippen LogP contribution in [0.15, 0.2) is 36.5 Å². The number of carbonyl (C=O) groups is 1. The van der Waals surface area contributed by atoms with E-state index in [0.29, 0.717) is 21.4 Å². The topological polar surface area (TPSA) is 45.2 Å². The highest BCUT2D eigenvalue weighted by atomic mass is 35.5. The van der Waals surface area contributed by atoms with Crippen LogP contribution in [0.3, 0.4) is 0 Å². The van der Waals surface area contributed by atoms with Crippen molar-refractivity contribution in [1.82, 2.24) is 9.88 Å². The Morgan fingerprint density at radius 3 is 2.73 bits per heavy atom. The molecule has 0 aliphatic heterocycles. The number of benzene rings is 1. The molecular formula is C15H14Cl2FN3O. The van der Waals surface area contributed by atoms with Gasteiger partial charge in [-0.15, -0.1) is 0 Å². The number of hydrogen-bond donors (Lipinski definition) is 1. The summed E-state index contributed by atoms with van der Waals surface area (Å²) in [7, 11) is 1.71. The zero-order valence-corrected chi connectivity index (χ0v) is 13.3. The number of nitrogens with zero attached hydrogens (tertiary/aromatic N) is 2. The monoisotopic (exact) mass is 341 g/mol. The Kier molecular flexibility index (Phi) is 5.71. The molecule has 0 radical (unpaired) electrons. The Hall–Kier alpha value is -1.69. The molecule has 7 heteroatoms. The van der Waals surface area contributed by atoms with Crippen LogP contribution in [-0.2, 0) is 11.3 Å². The lowest BCUT2D eigenvalue weighted by atomic mass is 10.2. The van der Waals surface area contributed by atoms with Gasteiger partial charge in [-0.1, -0.05) is 29.3 Å². The highest BCUT2D eigenvalue weighted by molar-refractivity contribution is 6.31. The maximum absolute atomic E-state index is 13.7. The predicted octanol–water partition coefficient (Wildman–Crippen LogP) is 3.60. The average Bonchev–Trinajstić information content (AvgIpc) is 2.45. The second-order valence-corrected chi connectivity index (χ2v) is 5.63. The van der Waals surface area contributed by atoms with Gasteiger partial charge in [-0.25, -0.2) is 9.37 Å². The molecule has 22 heavy (non-hydrogen) atoms. The summed E-state index contributed by atoms with van der Waals surface area (Å²) in [6.45, 7) is 0.307. The molecule has 1 N–H and O–H groups in total. The summed E-state index contributed by atoms with van der Waals surface area (Å²) < 4.78 is 13.7. The molecule has 0 saturated carbocycles. The van der Waals surface area contributed by atoms with E-state index in [1.54, 1.807) is 36.2 Å². The highest BCUT2D eigenvalue weighted by Crippen LogP contribution is 2.20. The number of carbonyl (C=O) groups excluding carboxylic acids is 1. The number of aromatic nitrogens is 1. The smallest absolute Gasteiger partial charge is 0.239 e. The van der Waals surface area contributed by atoms with Crippen LogP contribution in [0.5, 0.6) is 0 Å². The number of amides is 1. The normalized spacial score (nSPS) is 10.8. The molecule has 0 saturated heterocycles. The standard InChI is InChI=1S/C15H14Cl2FN3O/c1-21(8-11-12(17)3-2-4-13(11)18)9-15(22)20-14-6-5-10(16)7-19-14/h2-7H,8-9H2,1H3,(H,19,20,22). The van der Waals surface area contributed by atoms with Crippen LogP contribution in [0.1, 0.15) is 5.56 Å². The van der Waals surface area contributed by atoms with E-state index in [2.05, 4.69) is 10.3 Å². The first-order valence-electron chi connectivity index (χ1n) is 6.48. The van der Waals surface area contributed by atoms with E-state index in [0.717, 1.165) is 0 Å². The molecule has 0 aliphatic rings. The molecule has 0 atom stereocenters. The predicted molar refractivity (Wildman–Crippen MR) is 85.6 cm³/mol. The van der Waals surface area contributed by atoms with E-state index < -0.39 is 0 Å². The van der Waals surface area contributed by atoms with E-state index in [-0.39, 0.29) is 24.8 Å². The number of pyridine rings is 1. The zero-order valence-electron chi connectivity index (χ0n) is 11.8. The third-order valence-electron chi connectivity index (χ3n) is 2.90. The van der Waals surface area contributed by atoms with Crippen molar-refractivity contribution in [1.29, 1.82) is 0 Å². The minimum Gasteiger partial charge on any atom is -0.310 e. The molecule has 1 amide bonds. The van der Waals surface area contributed by atoms with Crippen molar-refractivity contribution < 1.29 is 9.18 Å². The first kappa shape index (κ1) is 16.7. The lowest BCUT2D eigenvalue weighted by Crippen LogP contribution is -2.30. The fraction of sp³-hybridized carbons (Fsp3) is 0.200. The maximum atomic E-state index is 13.7. The molecule has 2 aromatic rings. The Labute approximate surface area is 137 Å². The second-order valence-electron chi connectivity index (χ2n) is 4.78. The van der Waals surface area contributed by atoms with Gasteiger partial charge in [-0.3, -0.25) is 9.69 Å². The molecule has 0 fully saturated rings. The number of likely N-dealkylation sites (N-methyl/N-ethyl adjacent to an activating group) is 1. The average molecular weight is 342 g/mol. The molecule has 116 valence electrons. The van der Waals surface area contributed by atoms with Gasteiger partial charge in [-0.2, -0.15) is 0 Å². The minimum absolute atomic E-state index is 0.0783. The molecule has 0 bridgehead atoms. The van der Waals surface area contributed by atoms with E-state index in [1.165, 1.54) is 12.3 Å². The number of rotatable bonds is 5. The highest BCUT2D eigenvalue weighted by Gasteiger charge is 2.12. The summed E-state index contributed by atoms with van der Waals surface area (Å²) in [5.74, 6) is -0.240. The maximum Gasteiger partial charge on any atom is 0.239 e. The van der Waals surface area contributed by atoms with Crippen LogP contribution in [0.2, 0.25) is 10.0 Å². The van der Waals surface area contributed by atoms with Gasteiger partial charge in [-0.05, 0) is 31.3 Å². The van der Waals surface area contributed by atoms with Crippen LogP contribution >= 0.6 is 23.2 Å². The lowest BCUT2D eigenvalue weighted by Gasteiger charge is -2.17. The van der Waals surface area contributed by atoms with Crippen molar-refractivity contribution in [2.45, 2.75) is 6.54 Å². The quantitative estimate of drug-likeness (QED) is 0.903. The van der Waals surface area contributed by atoms with Crippen LogP contribution in [0.4, 0.5) is 10.2 Å². The Morgan fingerprint density at radius 2 is 2.09 bits per heavy atom. The van der Waals surface area contributed by atoms with Gasteiger partial charge in [0, 0.05) is 23.3 Å². The molecule has 0 unspecified atom stereocenters. The van der Waals surface area contributed by atoms with Crippen LogP contribution in [0, 0.1) is 5.82 Å². The minimum atomic E-state index is -0.390. The van der Waals surface area contributed by atoms with Gasteiger partial charge < -0.3 is 5.32 Å². The summed E-state index contributed by atoms with van der Waals surface area (Å²) >= 11 is 11.7. The second kappa shape index (κ2) is 7.54. The number of halogens is 3. The molecule has 1 aromatic heterocycles. The Morgan fingerprint density at radius 1 is 1.32 bits per heavy atom. The fourth-order valence-corrected chi connectivity index (χ4v) is 2.22. The van der Waals surface area contributed by atoms with Gasteiger partial charge in [0.15, 0.2) is 0 Å². The molecule has 1 heterocycles. The van der Waals surface area contributed by atoms with Crippen LogP contribution in [-0.4, -0.2) is 29.4 Å². The lowest BCUT2D eigenvalue weighted by molar-refractivity contribution is -0.117. The van der Waals surface area contributed by atoms with E-state index >= 15 is 0 Å². The number of nitrogens with one attached hydrogen (secondary N) is 1. The fourth-order valence-electron chi connectivity index (χ4n) is 1.89. The molecule has 0 spiro atoms. The number of anilines is 1. The van der Waals surface area contributed by atoms with Crippen molar-refractivity contribution in [3.05, 3.63) is 58.0 Å². The third kappa shape index (κ3) is 4.66. The molecule has 1 aromatic carbocycles. The zero-order chi connectivity index (χ0) is 16.1. The first-order valence-corrected chi connectivity index (χ1v) is 7.24. The first-order chi connectivity index (χ1) is 10.5. The van der Waals surface area contributed by atoms with Crippen LogP contribution in [0.25, 0.3) is 0 Å². The van der Waals surface area contributed by atoms with Crippen molar-refractivity contribution in [3.8, 4) is 0 Å². The van der Waals surface area contributed by atoms with Crippen molar-refractivity contribution in [2.75, 3.05) is 18.9 Å². The largest absolute Gasteiger partial charge is 0.310 e. The molecule has 2 rings (SSSR count). The van der Waals surface area contributed by atoms with Crippen molar-refractivity contribution in [2.24, 2.45) is 0 Å². The molecule has 4 nitrogen and oxygen atoms in total. The van der Waals surface area contributed by atoms with E-state index in [1.807, 2.05) is 0 Å². The van der Waals surface area contributed by atoms with Gasteiger partial charge in [0.2, 0.25) is 5.91 Å². The summed E-state index contributed by atoms with van der Waals surface area (Å²) in [6, 6.07) is 7.74. The Bertz CT molecular complexity index is 644. The van der Waals surface area contributed by atoms with E-state index in [9.17, 15) is 9.18 Å². The van der Waals surface area contributed by atoms with Crippen molar-refractivity contribution >= 4 is 34.9 Å².